The van der Waals surface area contributed by atoms with E-state index < -0.39 is 16.0 Å². The summed E-state index contributed by atoms with van der Waals surface area (Å²) in [5, 5.41) is 3.12. The number of carbonyl (C=O) groups excluding carboxylic acids is 2. The number of aromatic nitrogens is 2. The molecule has 35 heavy (non-hydrogen) atoms. The number of methoxy groups -OCH3 is 1. The second kappa shape index (κ2) is 10.2. The predicted molar refractivity (Wildman–Crippen MR) is 131 cm³/mol. The van der Waals surface area contributed by atoms with Crippen molar-refractivity contribution in [2.75, 3.05) is 20.2 Å². The van der Waals surface area contributed by atoms with Gasteiger partial charge < -0.3 is 15.0 Å². The normalized spacial score (nSPS) is 16.3. The molecule has 4 rings (SSSR count). The molecule has 10 heteroatoms. The maximum absolute atomic E-state index is 13.2. The van der Waals surface area contributed by atoms with Gasteiger partial charge in [-0.3, -0.25) is 4.79 Å². The molecular formula is C25H30N4O5S. The summed E-state index contributed by atoms with van der Waals surface area (Å²) in [6.45, 7) is 4.41. The van der Waals surface area contributed by atoms with E-state index in [4.69, 9.17) is 4.74 Å². The number of sulfonamides is 1. The second-order valence-electron chi connectivity index (χ2n) is 9.04. The number of nitrogens with zero attached hydrogens (tertiary/aromatic N) is 2. The first-order chi connectivity index (χ1) is 16.7. The lowest BCUT2D eigenvalue weighted by Crippen LogP contribution is -2.44. The molecular weight excluding hydrogens is 468 g/mol. The first kappa shape index (κ1) is 24.9. The Hall–Kier alpha value is -3.24. The van der Waals surface area contributed by atoms with Gasteiger partial charge in [-0.05, 0) is 43.0 Å². The molecule has 0 bridgehead atoms. The third kappa shape index (κ3) is 5.08. The molecule has 1 aliphatic rings. The highest BCUT2D eigenvalue weighted by molar-refractivity contribution is 7.89. The van der Waals surface area contributed by atoms with Crippen molar-refractivity contribution in [2.24, 2.45) is 11.8 Å². The summed E-state index contributed by atoms with van der Waals surface area (Å²) in [4.78, 5) is 33.1. The third-order valence-corrected chi connectivity index (χ3v) is 8.36. The van der Waals surface area contributed by atoms with E-state index in [0.717, 1.165) is 11.0 Å². The van der Waals surface area contributed by atoms with Gasteiger partial charge in [-0.1, -0.05) is 38.1 Å². The maximum Gasteiger partial charge on any atom is 0.339 e. The summed E-state index contributed by atoms with van der Waals surface area (Å²) in [7, 11) is -2.69. The molecule has 2 N–H and O–H groups in total. The van der Waals surface area contributed by atoms with Crippen LogP contribution in [0.1, 0.15) is 48.9 Å². The van der Waals surface area contributed by atoms with E-state index in [1.165, 1.54) is 23.5 Å². The van der Waals surface area contributed by atoms with Crippen molar-refractivity contribution in [3.8, 4) is 0 Å². The number of esters is 1. The van der Waals surface area contributed by atoms with E-state index in [1.54, 1.807) is 12.1 Å². The van der Waals surface area contributed by atoms with Crippen LogP contribution in [0.3, 0.4) is 0 Å². The van der Waals surface area contributed by atoms with Crippen molar-refractivity contribution in [3.05, 3.63) is 59.9 Å². The molecule has 0 unspecified atom stereocenters. The molecule has 3 aromatic rings. The van der Waals surface area contributed by atoms with Crippen LogP contribution in [-0.4, -0.2) is 54.8 Å². The number of hydrogen-bond acceptors (Lipinski definition) is 6. The number of amides is 1. The largest absolute Gasteiger partial charge is 0.465 e. The number of piperidine rings is 1. The fraction of sp³-hybridized carbons (Fsp3) is 0.400. The lowest BCUT2D eigenvalue weighted by Gasteiger charge is -2.32. The molecule has 0 saturated carbocycles. The maximum atomic E-state index is 13.2. The minimum Gasteiger partial charge on any atom is -0.465 e. The smallest absolute Gasteiger partial charge is 0.339 e. The third-order valence-electron chi connectivity index (χ3n) is 6.40. The van der Waals surface area contributed by atoms with Crippen LogP contribution in [0.5, 0.6) is 0 Å². The van der Waals surface area contributed by atoms with Gasteiger partial charge in [-0.2, -0.15) is 4.31 Å². The Morgan fingerprint density at radius 1 is 1.09 bits per heavy atom. The molecule has 2 aromatic carbocycles. The summed E-state index contributed by atoms with van der Waals surface area (Å²) in [6.07, 6.45) is 0.771. The standard InChI is InChI=1S/C25H30N4O5S/c1-16(2)22(23-26-19-9-5-6-10-20(19)27-23)28-24(30)17-12-14-29(15-13-17)35(32,33)21-11-7-4-8-18(21)25(31)34-3/h4-11,16-17,22H,12-15H2,1-3H3,(H,26,27)(H,28,30)/t22-/m0/s1. The first-order valence-electron chi connectivity index (χ1n) is 11.6. The molecule has 2 heterocycles. The van der Waals surface area contributed by atoms with Gasteiger partial charge in [0.1, 0.15) is 5.82 Å². The van der Waals surface area contributed by atoms with Crippen molar-refractivity contribution in [1.29, 1.82) is 0 Å². The van der Waals surface area contributed by atoms with E-state index in [2.05, 4.69) is 15.3 Å². The van der Waals surface area contributed by atoms with E-state index in [1.807, 2.05) is 38.1 Å². The number of carbonyl (C=O) groups is 2. The average Bonchev–Trinajstić information content (AvgIpc) is 3.30. The van der Waals surface area contributed by atoms with E-state index in [0.29, 0.717) is 18.7 Å². The topological polar surface area (TPSA) is 121 Å². The zero-order valence-corrected chi connectivity index (χ0v) is 20.8. The van der Waals surface area contributed by atoms with Gasteiger partial charge in [0.2, 0.25) is 15.9 Å². The molecule has 1 aromatic heterocycles. The summed E-state index contributed by atoms with van der Waals surface area (Å²) >= 11 is 0. The average molecular weight is 499 g/mol. The molecule has 1 atom stereocenters. The highest BCUT2D eigenvalue weighted by Gasteiger charge is 2.35. The molecule has 1 saturated heterocycles. The van der Waals surface area contributed by atoms with Crippen LogP contribution >= 0.6 is 0 Å². The lowest BCUT2D eigenvalue weighted by atomic mass is 9.95. The number of nitrogens with one attached hydrogen (secondary N) is 2. The Balaban J connectivity index is 1.44. The molecule has 0 spiro atoms. The Bertz CT molecular complexity index is 1290. The molecule has 1 fully saturated rings. The number of imidazole rings is 1. The number of hydrogen-bond donors (Lipinski definition) is 2. The fourth-order valence-electron chi connectivity index (χ4n) is 4.41. The van der Waals surface area contributed by atoms with Crippen molar-refractivity contribution >= 4 is 32.9 Å². The Morgan fingerprint density at radius 2 is 1.74 bits per heavy atom. The van der Waals surface area contributed by atoms with Gasteiger partial charge in [0.25, 0.3) is 0 Å². The van der Waals surface area contributed by atoms with Crippen LogP contribution in [0.25, 0.3) is 11.0 Å². The number of aromatic amines is 1. The van der Waals surface area contributed by atoms with Gasteiger partial charge in [0, 0.05) is 19.0 Å². The summed E-state index contributed by atoms with van der Waals surface area (Å²) < 4.78 is 32.6. The van der Waals surface area contributed by atoms with E-state index in [9.17, 15) is 18.0 Å². The zero-order valence-electron chi connectivity index (χ0n) is 20.0. The SMILES string of the molecule is COC(=O)c1ccccc1S(=O)(=O)N1CCC(C(=O)N[C@H](c2nc3ccccc3[nH]2)C(C)C)CC1. The Kier molecular flexibility index (Phi) is 7.23. The second-order valence-corrected chi connectivity index (χ2v) is 10.9. The molecule has 1 aliphatic heterocycles. The number of H-pyrrole nitrogens is 1. The van der Waals surface area contributed by atoms with Gasteiger partial charge in [0.15, 0.2) is 0 Å². The number of ether oxygens (including phenoxy) is 1. The van der Waals surface area contributed by atoms with Crippen LogP contribution < -0.4 is 5.32 Å². The van der Waals surface area contributed by atoms with Crippen molar-refractivity contribution in [2.45, 2.75) is 37.6 Å². The quantitative estimate of drug-likeness (QED) is 0.482. The number of fused-ring (bicyclic) bond motifs is 1. The predicted octanol–water partition coefficient (Wildman–Crippen LogP) is 3.26. The fourth-order valence-corrected chi connectivity index (χ4v) is 6.06. The Labute approximate surface area is 204 Å². The Morgan fingerprint density at radius 3 is 2.40 bits per heavy atom. The highest BCUT2D eigenvalue weighted by Crippen LogP contribution is 2.28. The van der Waals surface area contributed by atoms with Gasteiger partial charge in [-0.25, -0.2) is 18.2 Å². The zero-order chi connectivity index (χ0) is 25.2. The van der Waals surface area contributed by atoms with E-state index in [-0.39, 0.29) is 47.3 Å². The van der Waals surface area contributed by atoms with Crippen molar-refractivity contribution in [1.82, 2.24) is 19.6 Å². The summed E-state index contributed by atoms with van der Waals surface area (Å²) in [6, 6.07) is 13.4. The molecule has 9 nitrogen and oxygen atoms in total. The highest BCUT2D eigenvalue weighted by atomic mass is 32.2. The molecule has 0 aliphatic carbocycles. The number of benzene rings is 2. The van der Waals surface area contributed by atoms with Gasteiger partial charge in [-0.15, -0.1) is 0 Å². The monoisotopic (exact) mass is 498 g/mol. The van der Waals surface area contributed by atoms with Gasteiger partial charge >= 0.3 is 5.97 Å². The van der Waals surface area contributed by atoms with Crippen LogP contribution in [0.15, 0.2) is 53.4 Å². The number of para-hydroxylation sites is 2. The van der Waals surface area contributed by atoms with Crippen LogP contribution in [0.4, 0.5) is 0 Å². The lowest BCUT2D eigenvalue weighted by molar-refractivity contribution is -0.127. The van der Waals surface area contributed by atoms with E-state index >= 15 is 0 Å². The van der Waals surface area contributed by atoms with Crippen LogP contribution in [-0.2, 0) is 19.6 Å². The number of rotatable bonds is 7. The molecule has 186 valence electrons. The molecule has 1 amide bonds. The van der Waals surface area contributed by atoms with Crippen molar-refractivity contribution < 1.29 is 22.7 Å². The summed E-state index contributed by atoms with van der Waals surface area (Å²) in [5.41, 5.74) is 1.75. The molecule has 0 radical (unpaired) electrons. The first-order valence-corrected chi connectivity index (χ1v) is 13.1. The van der Waals surface area contributed by atoms with Gasteiger partial charge in [0.05, 0.1) is 34.6 Å². The summed E-state index contributed by atoms with van der Waals surface area (Å²) in [5.74, 6) is -0.327. The van der Waals surface area contributed by atoms with Crippen LogP contribution in [0.2, 0.25) is 0 Å². The minimum absolute atomic E-state index is 0.000441. The van der Waals surface area contributed by atoms with Crippen LogP contribution in [0, 0.1) is 11.8 Å². The minimum atomic E-state index is -3.91. The van der Waals surface area contributed by atoms with Crippen molar-refractivity contribution in [3.63, 3.8) is 0 Å².